The maximum Gasteiger partial charge on any atom is 0.326 e. The maximum atomic E-state index is 12.4. The Morgan fingerprint density at radius 3 is 2.95 bits per heavy atom. The lowest BCUT2D eigenvalue weighted by Crippen LogP contribution is -2.52. The van der Waals surface area contributed by atoms with Gasteiger partial charge in [0.15, 0.2) is 0 Å². The molecule has 3 rings (SSSR count). The van der Waals surface area contributed by atoms with Gasteiger partial charge in [-0.25, -0.2) is 0 Å². The molecule has 0 amide bonds. The molecule has 2 aliphatic carbocycles. The van der Waals surface area contributed by atoms with E-state index in [1.807, 2.05) is 31.7 Å². The summed E-state index contributed by atoms with van der Waals surface area (Å²) >= 11 is 1.83. The lowest BCUT2D eigenvalue weighted by molar-refractivity contribution is -0.151. The van der Waals surface area contributed by atoms with Crippen LogP contribution in [0.25, 0.3) is 0 Å². The third-order valence-corrected chi connectivity index (χ3v) is 5.71. The van der Waals surface area contributed by atoms with Crippen LogP contribution in [-0.2, 0) is 9.53 Å². The van der Waals surface area contributed by atoms with Gasteiger partial charge in [0.2, 0.25) is 0 Å². The second-order valence-electron chi connectivity index (χ2n) is 6.04. The highest BCUT2D eigenvalue weighted by atomic mass is 32.2. The van der Waals surface area contributed by atoms with Crippen LogP contribution in [-0.4, -0.2) is 29.4 Å². The van der Waals surface area contributed by atoms with Crippen molar-refractivity contribution in [3.8, 4) is 0 Å². The van der Waals surface area contributed by atoms with Crippen molar-refractivity contribution in [3.63, 3.8) is 0 Å². The van der Waals surface area contributed by atoms with Gasteiger partial charge in [-0.1, -0.05) is 0 Å². The Hall–Kier alpha value is -0.940. The van der Waals surface area contributed by atoms with E-state index in [4.69, 9.17) is 9.15 Å². The van der Waals surface area contributed by atoms with Crippen LogP contribution in [0.2, 0.25) is 0 Å². The SMILES string of the molecule is CCOC(=O)C1(NC2CC2)CCC(Sc2ccoc2C)C1. The predicted octanol–water partition coefficient (Wildman–Crippen LogP) is 3.29. The van der Waals surface area contributed by atoms with Gasteiger partial charge in [0.25, 0.3) is 0 Å². The molecule has 2 saturated carbocycles. The number of carbonyl (C=O) groups excluding carboxylic acids is 1. The Kier molecular flexibility index (Phi) is 4.31. The fourth-order valence-corrected chi connectivity index (χ4v) is 4.35. The molecular formula is C16H23NO3S. The van der Waals surface area contributed by atoms with E-state index in [-0.39, 0.29) is 5.97 Å². The maximum absolute atomic E-state index is 12.4. The van der Waals surface area contributed by atoms with E-state index in [1.165, 1.54) is 17.7 Å². The van der Waals surface area contributed by atoms with Gasteiger partial charge < -0.3 is 9.15 Å². The molecule has 1 aromatic heterocycles. The number of nitrogens with one attached hydrogen (secondary N) is 1. The first-order chi connectivity index (χ1) is 10.1. The van der Waals surface area contributed by atoms with E-state index in [2.05, 4.69) is 5.32 Å². The molecular weight excluding hydrogens is 286 g/mol. The van der Waals surface area contributed by atoms with E-state index in [0.717, 1.165) is 25.0 Å². The van der Waals surface area contributed by atoms with Gasteiger partial charge in [-0.05, 0) is 52.0 Å². The van der Waals surface area contributed by atoms with E-state index in [1.54, 1.807) is 6.26 Å². The first-order valence-corrected chi connectivity index (χ1v) is 8.66. The molecule has 0 aromatic carbocycles. The Bertz CT molecular complexity index is 511. The van der Waals surface area contributed by atoms with Crippen LogP contribution in [0, 0.1) is 6.92 Å². The smallest absolute Gasteiger partial charge is 0.326 e. The highest BCUT2D eigenvalue weighted by Gasteiger charge is 2.49. The van der Waals surface area contributed by atoms with Crippen molar-refractivity contribution in [2.75, 3.05) is 6.61 Å². The van der Waals surface area contributed by atoms with E-state index in [9.17, 15) is 4.79 Å². The number of aryl methyl sites for hydroxylation is 1. The number of thioether (sulfide) groups is 1. The summed E-state index contributed by atoms with van der Waals surface area (Å²) in [5.74, 6) is 0.896. The molecule has 0 saturated heterocycles. The molecule has 2 fully saturated rings. The van der Waals surface area contributed by atoms with Gasteiger partial charge in [-0.15, -0.1) is 11.8 Å². The highest BCUT2D eigenvalue weighted by Crippen LogP contribution is 2.43. The number of carbonyl (C=O) groups is 1. The number of furan rings is 1. The van der Waals surface area contributed by atoms with Crippen LogP contribution < -0.4 is 5.32 Å². The largest absolute Gasteiger partial charge is 0.468 e. The molecule has 2 aliphatic rings. The van der Waals surface area contributed by atoms with Crippen LogP contribution in [0.1, 0.15) is 44.8 Å². The van der Waals surface area contributed by atoms with Crippen molar-refractivity contribution in [2.45, 2.75) is 67.7 Å². The van der Waals surface area contributed by atoms with Gasteiger partial charge in [0.1, 0.15) is 11.3 Å². The minimum atomic E-state index is -0.466. The molecule has 116 valence electrons. The summed E-state index contributed by atoms with van der Waals surface area (Å²) in [6.07, 6.45) is 6.84. The first-order valence-electron chi connectivity index (χ1n) is 7.78. The van der Waals surface area contributed by atoms with Crippen molar-refractivity contribution < 1.29 is 13.9 Å². The van der Waals surface area contributed by atoms with Crippen molar-refractivity contribution in [2.24, 2.45) is 0 Å². The van der Waals surface area contributed by atoms with Crippen LogP contribution >= 0.6 is 11.8 Å². The zero-order valence-corrected chi connectivity index (χ0v) is 13.5. The molecule has 0 aliphatic heterocycles. The lowest BCUT2D eigenvalue weighted by atomic mass is 9.97. The minimum Gasteiger partial charge on any atom is -0.468 e. The average Bonchev–Trinajstić information content (AvgIpc) is 3.03. The Morgan fingerprint density at radius 2 is 2.33 bits per heavy atom. The second kappa shape index (κ2) is 6.05. The monoisotopic (exact) mass is 309 g/mol. The van der Waals surface area contributed by atoms with E-state index < -0.39 is 5.54 Å². The van der Waals surface area contributed by atoms with Crippen molar-refractivity contribution in [1.82, 2.24) is 5.32 Å². The molecule has 2 atom stereocenters. The molecule has 1 N–H and O–H groups in total. The Morgan fingerprint density at radius 1 is 1.52 bits per heavy atom. The molecule has 21 heavy (non-hydrogen) atoms. The molecule has 1 aromatic rings. The topological polar surface area (TPSA) is 51.5 Å². The highest BCUT2D eigenvalue weighted by molar-refractivity contribution is 8.00. The minimum absolute atomic E-state index is 0.0658. The van der Waals surface area contributed by atoms with Gasteiger partial charge in [0, 0.05) is 16.2 Å². The van der Waals surface area contributed by atoms with Gasteiger partial charge in [-0.2, -0.15) is 0 Å². The standard InChI is InChI=1S/C16H23NO3S/c1-3-19-15(18)16(17-12-4-5-12)8-6-13(10-16)21-14-7-9-20-11(14)2/h7,9,12-13,17H,3-6,8,10H2,1-2H3. The quantitative estimate of drug-likeness (QED) is 0.817. The normalized spacial score (nSPS) is 28.8. The zero-order chi connectivity index (χ0) is 14.9. The zero-order valence-electron chi connectivity index (χ0n) is 12.7. The summed E-state index contributed by atoms with van der Waals surface area (Å²) in [6.45, 7) is 4.31. The average molecular weight is 309 g/mol. The molecule has 4 nitrogen and oxygen atoms in total. The Balaban J connectivity index is 1.68. The Labute approximate surface area is 130 Å². The third kappa shape index (κ3) is 3.29. The molecule has 1 heterocycles. The van der Waals surface area contributed by atoms with E-state index in [0.29, 0.717) is 17.9 Å². The van der Waals surface area contributed by atoms with Crippen LogP contribution in [0.15, 0.2) is 21.6 Å². The number of hydrogen-bond donors (Lipinski definition) is 1. The number of ether oxygens (including phenoxy) is 1. The van der Waals surface area contributed by atoms with Crippen molar-refractivity contribution in [3.05, 3.63) is 18.1 Å². The molecule has 0 radical (unpaired) electrons. The number of esters is 1. The predicted molar refractivity (Wildman–Crippen MR) is 82.5 cm³/mol. The fourth-order valence-electron chi connectivity index (χ4n) is 3.04. The molecule has 2 unspecified atom stereocenters. The van der Waals surface area contributed by atoms with Gasteiger partial charge >= 0.3 is 5.97 Å². The molecule has 5 heteroatoms. The lowest BCUT2D eigenvalue weighted by Gasteiger charge is -2.28. The first kappa shape index (κ1) is 15.0. The number of rotatable bonds is 6. The van der Waals surface area contributed by atoms with E-state index >= 15 is 0 Å². The summed E-state index contributed by atoms with van der Waals surface area (Å²) in [5.41, 5.74) is -0.466. The number of hydrogen-bond acceptors (Lipinski definition) is 5. The fraction of sp³-hybridized carbons (Fsp3) is 0.688. The van der Waals surface area contributed by atoms with Crippen LogP contribution in [0.4, 0.5) is 0 Å². The summed E-state index contributed by atoms with van der Waals surface area (Å²) < 4.78 is 10.7. The summed E-state index contributed by atoms with van der Waals surface area (Å²) in [5, 5.41) is 4.01. The summed E-state index contributed by atoms with van der Waals surface area (Å²) in [7, 11) is 0. The van der Waals surface area contributed by atoms with Gasteiger partial charge in [0.05, 0.1) is 12.9 Å². The van der Waals surface area contributed by atoms with Crippen molar-refractivity contribution in [1.29, 1.82) is 0 Å². The second-order valence-corrected chi connectivity index (χ2v) is 7.39. The molecule has 0 bridgehead atoms. The third-order valence-electron chi connectivity index (χ3n) is 4.30. The summed E-state index contributed by atoms with van der Waals surface area (Å²) in [6, 6.07) is 2.52. The van der Waals surface area contributed by atoms with Crippen LogP contribution in [0.5, 0.6) is 0 Å². The van der Waals surface area contributed by atoms with Crippen molar-refractivity contribution >= 4 is 17.7 Å². The van der Waals surface area contributed by atoms with Crippen LogP contribution in [0.3, 0.4) is 0 Å². The molecule has 0 spiro atoms. The summed E-state index contributed by atoms with van der Waals surface area (Å²) in [4.78, 5) is 13.6. The van der Waals surface area contributed by atoms with Gasteiger partial charge in [-0.3, -0.25) is 10.1 Å².